The number of thiophene rings is 1. The summed E-state index contributed by atoms with van der Waals surface area (Å²) in [5.74, 6) is 0. The Morgan fingerprint density at radius 2 is 1.88 bits per heavy atom. The van der Waals surface area contributed by atoms with Crippen LogP contribution in [0.2, 0.25) is 0 Å². The van der Waals surface area contributed by atoms with Gasteiger partial charge in [0.15, 0.2) is 0 Å². The Balaban J connectivity index is 1.79. The minimum Gasteiger partial charge on any atom is -0.152 e. The first-order chi connectivity index (χ1) is 8.24. The number of aryl methyl sites for hydroxylation is 2. The molecular formula is C15H17ClS. The van der Waals surface area contributed by atoms with Crippen molar-refractivity contribution in [3.05, 3.63) is 57.8 Å². The maximum absolute atomic E-state index is 6.36. The minimum atomic E-state index is 0.242. The zero-order chi connectivity index (χ0) is 12.1. The third-order valence-corrected chi connectivity index (χ3v) is 4.01. The van der Waals surface area contributed by atoms with E-state index in [1.165, 1.54) is 16.7 Å². The molecule has 1 unspecified atom stereocenters. The molecule has 1 atom stereocenters. The van der Waals surface area contributed by atoms with Crippen LogP contribution in [0.4, 0.5) is 0 Å². The van der Waals surface area contributed by atoms with Crippen molar-refractivity contribution in [2.45, 2.75) is 31.6 Å². The van der Waals surface area contributed by atoms with E-state index in [0.29, 0.717) is 0 Å². The van der Waals surface area contributed by atoms with E-state index >= 15 is 0 Å². The predicted octanol–water partition coefficient (Wildman–Crippen LogP) is 4.84. The summed E-state index contributed by atoms with van der Waals surface area (Å²) >= 11 is 8.10. The number of hydrogen-bond acceptors (Lipinski definition) is 1. The largest absolute Gasteiger partial charge is 0.152 e. The molecule has 1 aromatic carbocycles. The van der Waals surface area contributed by atoms with E-state index < -0.39 is 0 Å². The maximum atomic E-state index is 6.36. The van der Waals surface area contributed by atoms with Crippen molar-refractivity contribution in [2.75, 3.05) is 0 Å². The SMILES string of the molecule is Cc1ccc(CCC(Cl)Cc2ccsc2)cc1. The quantitative estimate of drug-likeness (QED) is 0.678. The molecule has 0 aliphatic heterocycles. The van der Waals surface area contributed by atoms with E-state index in [0.717, 1.165) is 19.3 Å². The van der Waals surface area contributed by atoms with Crippen LogP contribution in [0, 0.1) is 6.92 Å². The second kappa shape index (κ2) is 6.23. The van der Waals surface area contributed by atoms with Gasteiger partial charge in [-0.1, -0.05) is 29.8 Å². The normalized spacial score (nSPS) is 12.6. The van der Waals surface area contributed by atoms with Crippen LogP contribution in [0.3, 0.4) is 0 Å². The van der Waals surface area contributed by atoms with Gasteiger partial charge in [-0.2, -0.15) is 11.3 Å². The van der Waals surface area contributed by atoms with Gasteiger partial charge >= 0.3 is 0 Å². The van der Waals surface area contributed by atoms with Gasteiger partial charge in [-0.3, -0.25) is 0 Å². The molecular weight excluding hydrogens is 248 g/mol. The fraction of sp³-hybridized carbons (Fsp3) is 0.333. The average Bonchev–Trinajstić information content (AvgIpc) is 2.81. The molecule has 0 aliphatic rings. The van der Waals surface area contributed by atoms with Gasteiger partial charge < -0.3 is 0 Å². The molecule has 2 aromatic rings. The lowest BCUT2D eigenvalue weighted by Gasteiger charge is -2.08. The fourth-order valence-electron chi connectivity index (χ4n) is 1.84. The summed E-state index contributed by atoms with van der Waals surface area (Å²) in [5.41, 5.74) is 4.06. The van der Waals surface area contributed by atoms with E-state index in [1.807, 2.05) is 0 Å². The topological polar surface area (TPSA) is 0 Å². The Kier molecular flexibility index (Phi) is 4.64. The van der Waals surface area contributed by atoms with Crippen molar-refractivity contribution < 1.29 is 0 Å². The van der Waals surface area contributed by atoms with Crippen molar-refractivity contribution in [1.29, 1.82) is 0 Å². The molecule has 0 radical (unpaired) electrons. The summed E-state index contributed by atoms with van der Waals surface area (Å²) in [4.78, 5) is 0. The molecule has 0 bridgehead atoms. The van der Waals surface area contributed by atoms with Gasteiger partial charge in [-0.15, -0.1) is 11.6 Å². The highest BCUT2D eigenvalue weighted by atomic mass is 35.5. The van der Waals surface area contributed by atoms with Gasteiger partial charge in [0.05, 0.1) is 0 Å². The molecule has 1 aromatic heterocycles. The molecule has 2 rings (SSSR count). The zero-order valence-electron chi connectivity index (χ0n) is 10.0. The van der Waals surface area contributed by atoms with Crippen LogP contribution in [-0.4, -0.2) is 5.38 Å². The first-order valence-electron chi connectivity index (χ1n) is 5.95. The minimum absolute atomic E-state index is 0.242. The summed E-state index contributed by atoms with van der Waals surface area (Å²) in [6.45, 7) is 2.12. The highest BCUT2D eigenvalue weighted by Crippen LogP contribution is 2.16. The first-order valence-corrected chi connectivity index (χ1v) is 7.32. The van der Waals surface area contributed by atoms with Crippen LogP contribution < -0.4 is 0 Å². The average molecular weight is 265 g/mol. The van der Waals surface area contributed by atoms with E-state index in [-0.39, 0.29) is 5.38 Å². The summed E-state index contributed by atoms with van der Waals surface area (Å²) in [5, 5.41) is 4.53. The van der Waals surface area contributed by atoms with Crippen molar-refractivity contribution >= 4 is 22.9 Å². The Morgan fingerprint density at radius 3 is 2.53 bits per heavy atom. The van der Waals surface area contributed by atoms with Crippen LogP contribution in [0.15, 0.2) is 41.1 Å². The highest BCUT2D eigenvalue weighted by molar-refractivity contribution is 7.07. The lowest BCUT2D eigenvalue weighted by molar-refractivity contribution is 0.745. The van der Waals surface area contributed by atoms with Crippen molar-refractivity contribution in [3.8, 4) is 0 Å². The van der Waals surface area contributed by atoms with Gasteiger partial charge in [-0.05, 0) is 54.1 Å². The van der Waals surface area contributed by atoms with Crippen LogP contribution in [0.5, 0.6) is 0 Å². The zero-order valence-corrected chi connectivity index (χ0v) is 11.6. The van der Waals surface area contributed by atoms with E-state index in [9.17, 15) is 0 Å². The lowest BCUT2D eigenvalue weighted by Crippen LogP contribution is -2.04. The molecule has 0 nitrogen and oxygen atoms in total. The van der Waals surface area contributed by atoms with Crippen LogP contribution >= 0.6 is 22.9 Å². The second-order valence-corrected chi connectivity index (χ2v) is 5.85. The molecule has 0 aliphatic carbocycles. The fourth-order valence-corrected chi connectivity index (χ4v) is 2.81. The molecule has 0 fully saturated rings. The van der Waals surface area contributed by atoms with Gasteiger partial charge in [0.25, 0.3) is 0 Å². The Bertz CT molecular complexity index is 430. The summed E-state index contributed by atoms with van der Waals surface area (Å²) < 4.78 is 0. The van der Waals surface area contributed by atoms with Gasteiger partial charge in [0.2, 0.25) is 0 Å². The lowest BCUT2D eigenvalue weighted by atomic mass is 10.0. The van der Waals surface area contributed by atoms with E-state index in [2.05, 4.69) is 48.0 Å². The van der Waals surface area contributed by atoms with Gasteiger partial charge in [0, 0.05) is 5.38 Å². The maximum Gasteiger partial charge on any atom is 0.0379 e. The molecule has 2 heteroatoms. The molecule has 0 N–H and O–H groups in total. The Morgan fingerprint density at radius 1 is 1.12 bits per heavy atom. The summed E-state index contributed by atoms with van der Waals surface area (Å²) in [6.07, 6.45) is 3.09. The number of alkyl halides is 1. The number of benzene rings is 1. The van der Waals surface area contributed by atoms with E-state index in [4.69, 9.17) is 11.6 Å². The predicted molar refractivity (Wildman–Crippen MR) is 77.2 cm³/mol. The molecule has 0 spiro atoms. The van der Waals surface area contributed by atoms with Crippen LogP contribution in [-0.2, 0) is 12.8 Å². The Labute approximate surface area is 112 Å². The second-order valence-electron chi connectivity index (χ2n) is 4.46. The number of halogens is 1. The monoisotopic (exact) mass is 264 g/mol. The Hall–Kier alpha value is -0.790. The number of hydrogen-bond donors (Lipinski definition) is 0. The standard InChI is InChI=1S/C15H17ClS/c1-12-2-4-13(5-3-12)6-7-15(16)10-14-8-9-17-11-14/h2-5,8-9,11,15H,6-7,10H2,1H3. The summed E-state index contributed by atoms with van der Waals surface area (Å²) in [7, 11) is 0. The molecule has 17 heavy (non-hydrogen) atoms. The van der Waals surface area contributed by atoms with Crippen LogP contribution in [0.25, 0.3) is 0 Å². The third kappa shape index (κ3) is 4.18. The van der Waals surface area contributed by atoms with Crippen molar-refractivity contribution in [1.82, 2.24) is 0 Å². The smallest absolute Gasteiger partial charge is 0.0379 e. The van der Waals surface area contributed by atoms with E-state index in [1.54, 1.807) is 11.3 Å². The van der Waals surface area contributed by atoms with Gasteiger partial charge in [0.1, 0.15) is 0 Å². The molecule has 0 amide bonds. The summed E-state index contributed by atoms with van der Waals surface area (Å²) in [6, 6.07) is 10.9. The number of rotatable bonds is 5. The van der Waals surface area contributed by atoms with Crippen LogP contribution in [0.1, 0.15) is 23.1 Å². The highest BCUT2D eigenvalue weighted by Gasteiger charge is 2.06. The third-order valence-electron chi connectivity index (χ3n) is 2.90. The molecule has 0 saturated carbocycles. The van der Waals surface area contributed by atoms with Crippen molar-refractivity contribution in [3.63, 3.8) is 0 Å². The van der Waals surface area contributed by atoms with Gasteiger partial charge in [-0.25, -0.2) is 0 Å². The molecule has 0 saturated heterocycles. The first kappa shape index (κ1) is 12.7. The van der Waals surface area contributed by atoms with Crippen molar-refractivity contribution in [2.24, 2.45) is 0 Å². The molecule has 90 valence electrons. The molecule has 1 heterocycles.